The van der Waals surface area contributed by atoms with Gasteiger partial charge in [0, 0.05) is 20.8 Å². The second kappa shape index (κ2) is 11.2. The Labute approximate surface area is 192 Å². The Kier molecular flexibility index (Phi) is 9.11. The number of hydrogen-bond acceptors (Lipinski definition) is 6. The third-order valence-electron chi connectivity index (χ3n) is 7.91. The van der Waals surface area contributed by atoms with Crippen LogP contribution in [0, 0.1) is 22.7 Å². The topological polar surface area (TPSA) is 78.9 Å². The number of carbonyl (C=O) groups is 3. The molecule has 0 aromatic rings. The van der Waals surface area contributed by atoms with E-state index < -0.39 is 0 Å². The summed E-state index contributed by atoms with van der Waals surface area (Å²) in [5.41, 5.74) is 2.53. The number of carbonyl (C=O) groups excluding carboxylic acids is 3. The zero-order chi connectivity index (χ0) is 23.9. The van der Waals surface area contributed by atoms with Gasteiger partial charge >= 0.3 is 17.9 Å². The summed E-state index contributed by atoms with van der Waals surface area (Å²) in [6.07, 6.45) is 10.2. The van der Waals surface area contributed by atoms with Crippen LogP contribution in [-0.4, -0.2) is 37.7 Å². The number of fused-ring (bicyclic) bond motifs is 1. The highest BCUT2D eigenvalue weighted by Crippen LogP contribution is 2.62. The molecule has 2 aliphatic rings. The van der Waals surface area contributed by atoms with E-state index in [1.165, 1.54) is 26.3 Å². The smallest absolute Gasteiger partial charge is 0.302 e. The van der Waals surface area contributed by atoms with E-state index in [1.807, 2.05) is 6.08 Å². The van der Waals surface area contributed by atoms with Crippen molar-refractivity contribution in [3.8, 4) is 0 Å². The molecule has 0 aromatic heterocycles. The Morgan fingerprint density at radius 2 is 1.69 bits per heavy atom. The first kappa shape index (κ1) is 26.1. The summed E-state index contributed by atoms with van der Waals surface area (Å²) in [5.74, 6) is -0.150. The zero-order valence-electron chi connectivity index (χ0n) is 20.6. The Bertz CT molecular complexity index is 766. The normalized spacial score (nSPS) is 30.1. The van der Waals surface area contributed by atoms with Gasteiger partial charge in [0.1, 0.15) is 13.2 Å². The summed E-state index contributed by atoms with van der Waals surface area (Å²) in [5, 5.41) is 0. The van der Waals surface area contributed by atoms with Gasteiger partial charge in [-0.1, -0.05) is 25.5 Å². The number of esters is 3. The molecule has 0 radical (unpaired) electrons. The minimum absolute atomic E-state index is 0.0330. The molecule has 0 aromatic carbocycles. The lowest BCUT2D eigenvalue weighted by Crippen LogP contribution is -2.51. The average molecular weight is 449 g/mol. The Morgan fingerprint density at radius 1 is 1.03 bits per heavy atom. The van der Waals surface area contributed by atoms with E-state index in [0.29, 0.717) is 12.5 Å². The predicted molar refractivity (Wildman–Crippen MR) is 123 cm³/mol. The minimum Gasteiger partial charge on any atom is -0.466 e. The van der Waals surface area contributed by atoms with E-state index in [2.05, 4.69) is 26.8 Å². The maximum atomic E-state index is 11.6. The molecule has 0 aliphatic heterocycles. The summed E-state index contributed by atoms with van der Waals surface area (Å²) < 4.78 is 15.8. The molecule has 0 N–H and O–H groups in total. The second-order valence-corrected chi connectivity index (χ2v) is 9.92. The Hall–Kier alpha value is -2.11. The molecule has 0 spiro atoms. The van der Waals surface area contributed by atoms with Crippen molar-refractivity contribution in [2.75, 3.05) is 19.8 Å². The lowest BCUT2D eigenvalue weighted by atomic mass is 9.46. The standard InChI is InChI=1S/C26H40O6/c1-18-8-7-9-24-25(18,5)14-11-23(17-32-21(4)29)26(24,6)13-10-22(16-31-20(3)28)12-15-30-19(2)27/h8,12,23-24H,7,9-11,13-17H2,1-6H3. The SMILES string of the molecule is CC(=O)OCC=C(CCC1(C)C(COC(C)=O)CCC2(C)C(C)=CCCC21)COC(C)=O. The summed E-state index contributed by atoms with van der Waals surface area (Å²) in [6, 6.07) is 0. The van der Waals surface area contributed by atoms with Gasteiger partial charge in [-0.2, -0.15) is 0 Å². The fourth-order valence-corrected chi connectivity index (χ4v) is 5.81. The van der Waals surface area contributed by atoms with E-state index >= 15 is 0 Å². The van der Waals surface area contributed by atoms with Crippen LogP contribution in [0.15, 0.2) is 23.3 Å². The van der Waals surface area contributed by atoms with Crippen LogP contribution in [0.2, 0.25) is 0 Å². The molecule has 32 heavy (non-hydrogen) atoms. The molecule has 0 amide bonds. The third-order valence-corrected chi connectivity index (χ3v) is 7.91. The molecule has 180 valence electrons. The first-order valence-corrected chi connectivity index (χ1v) is 11.7. The number of hydrogen-bond donors (Lipinski definition) is 0. The molecule has 2 aliphatic carbocycles. The van der Waals surface area contributed by atoms with Crippen LogP contribution in [0.5, 0.6) is 0 Å². The molecule has 1 saturated carbocycles. The molecule has 6 heteroatoms. The van der Waals surface area contributed by atoms with Crippen molar-refractivity contribution in [1.82, 2.24) is 0 Å². The van der Waals surface area contributed by atoms with Crippen molar-refractivity contribution < 1.29 is 28.6 Å². The van der Waals surface area contributed by atoms with E-state index in [0.717, 1.165) is 44.1 Å². The Morgan fingerprint density at radius 3 is 2.31 bits per heavy atom. The maximum absolute atomic E-state index is 11.6. The van der Waals surface area contributed by atoms with Gasteiger partial charge in [-0.25, -0.2) is 0 Å². The number of allylic oxidation sites excluding steroid dienone is 2. The number of rotatable bonds is 9. The molecule has 6 nitrogen and oxygen atoms in total. The van der Waals surface area contributed by atoms with E-state index in [9.17, 15) is 14.4 Å². The van der Waals surface area contributed by atoms with Gasteiger partial charge in [0.05, 0.1) is 6.61 Å². The van der Waals surface area contributed by atoms with Gasteiger partial charge in [-0.3, -0.25) is 14.4 Å². The van der Waals surface area contributed by atoms with Crippen LogP contribution in [0.3, 0.4) is 0 Å². The van der Waals surface area contributed by atoms with Gasteiger partial charge in [0.25, 0.3) is 0 Å². The lowest BCUT2D eigenvalue weighted by molar-refractivity contribution is -0.148. The number of ether oxygens (including phenoxy) is 3. The first-order chi connectivity index (χ1) is 15.0. The van der Waals surface area contributed by atoms with Crippen LogP contribution in [0.25, 0.3) is 0 Å². The van der Waals surface area contributed by atoms with Crippen molar-refractivity contribution >= 4 is 17.9 Å². The zero-order valence-corrected chi connectivity index (χ0v) is 20.6. The monoisotopic (exact) mass is 448 g/mol. The van der Waals surface area contributed by atoms with Crippen molar-refractivity contribution in [3.63, 3.8) is 0 Å². The second-order valence-electron chi connectivity index (χ2n) is 9.92. The highest BCUT2D eigenvalue weighted by Gasteiger charge is 2.54. The summed E-state index contributed by atoms with van der Waals surface area (Å²) in [4.78, 5) is 34.1. The fraction of sp³-hybridized carbons (Fsp3) is 0.731. The van der Waals surface area contributed by atoms with E-state index in [4.69, 9.17) is 14.2 Å². The van der Waals surface area contributed by atoms with Gasteiger partial charge in [0.2, 0.25) is 0 Å². The average Bonchev–Trinajstić information content (AvgIpc) is 2.70. The molecule has 4 unspecified atom stereocenters. The third kappa shape index (κ3) is 6.46. The molecule has 1 fully saturated rings. The minimum atomic E-state index is -0.339. The van der Waals surface area contributed by atoms with Crippen molar-refractivity contribution in [2.24, 2.45) is 22.7 Å². The quantitative estimate of drug-likeness (QED) is 0.275. The van der Waals surface area contributed by atoms with Crippen molar-refractivity contribution in [3.05, 3.63) is 23.3 Å². The van der Waals surface area contributed by atoms with E-state index in [1.54, 1.807) is 0 Å². The Balaban J connectivity index is 2.26. The molecule has 0 heterocycles. The largest absolute Gasteiger partial charge is 0.466 e. The van der Waals surface area contributed by atoms with Gasteiger partial charge in [0.15, 0.2) is 0 Å². The van der Waals surface area contributed by atoms with Crippen LogP contribution in [-0.2, 0) is 28.6 Å². The molecular weight excluding hydrogens is 408 g/mol. The molecular formula is C26H40O6. The van der Waals surface area contributed by atoms with E-state index in [-0.39, 0.29) is 47.9 Å². The van der Waals surface area contributed by atoms with Gasteiger partial charge < -0.3 is 14.2 Å². The van der Waals surface area contributed by atoms with Crippen LogP contribution in [0.4, 0.5) is 0 Å². The van der Waals surface area contributed by atoms with Gasteiger partial charge in [-0.05, 0) is 79.8 Å². The fourth-order valence-electron chi connectivity index (χ4n) is 5.81. The molecule has 2 rings (SSSR count). The summed E-state index contributed by atoms with van der Waals surface area (Å²) >= 11 is 0. The molecule has 0 bridgehead atoms. The van der Waals surface area contributed by atoms with Crippen molar-refractivity contribution in [1.29, 1.82) is 0 Å². The first-order valence-electron chi connectivity index (χ1n) is 11.7. The maximum Gasteiger partial charge on any atom is 0.302 e. The van der Waals surface area contributed by atoms with Crippen molar-refractivity contribution in [2.45, 2.75) is 80.1 Å². The van der Waals surface area contributed by atoms with Crippen LogP contribution < -0.4 is 0 Å². The van der Waals surface area contributed by atoms with Crippen LogP contribution >= 0.6 is 0 Å². The lowest BCUT2D eigenvalue weighted by Gasteiger charge is -2.58. The highest BCUT2D eigenvalue weighted by atomic mass is 16.5. The van der Waals surface area contributed by atoms with Crippen LogP contribution in [0.1, 0.15) is 80.1 Å². The summed E-state index contributed by atoms with van der Waals surface area (Å²) in [7, 11) is 0. The molecule has 0 saturated heterocycles. The van der Waals surface area contributed by atoms with Gasteiger partial charge in [-0.15, -0.1) is 0 Å². The molecule has 4 atom stereocenters. The highest BCUT2D eigenvalue weighted by molar-refractivity contribution is 5.66. The predicted octanol–water partition coefficient (Wildman–Crippen LogP) is 5.16. The summed E-state index contributed by atoms with van der Waals surface area (Å²) in [6.45, 7) is 12.0.